The molecule has 9 heteroatoms. The zero-order valence-corrected chi connectivity index (χ0v) is 26.0. The molecule has 44 heavy (non-hydrogen) atoms. The second-order valence-electron chi connectivity index (χ2n) is 10.6. The molecule has 0 aliphatic carbocycles. The Hall–Kier alpha value is -3.98. The van der Waals surface area contributed by atoms with E-state index in [1.165, 1.54) is 12.1 Å². The lowest BCUT2D eigenvalue weighted by Crippen LogP contribution is -2.28. The van der Waals surface area contributed by atoms with Gasteiger partial charge in [-0.15, -0.1) is 0 Å². The minimum atomic E-state index is -0.689. The Morgan fingerprint density at radius 3 is 2.23 bits per heavy atom. The lowest BCUT2D eigenvalue weighted by molar-refractivity contribution is 0.0955. The number of aliphatic hydroxyl groups excluding tert-OH is 1. The van der Waals surface area contributed by atoms with Crippen molar-refractivity contribution in [2.45, 2.75) is 53.5 Å². The van der Waals surface area contributed by atoms with Crippen LogP contribution in [-0.2, 0) is 19.8 Å². The average molecular weight is 623 g/mol. The molecule has 6 nitrogen and oxygen atoms in total. The smallest absolute Gasteiger partial charge is 0.251 e. The molecule has 0 aliphatic rings. The molecule has 0 saturated heterocycles. The molecule has 0 aromatic heterocycles. The predicted molar refractivity (Wildman–Crippen MR) is 169 cm³/mol. The Labute approximate surface area is 262 Å². The summed E-state index contributed by atoms with van der Waals surface area (Å²) in [5, 5.41) is 15.8. The van der Waals surface area contributed by atoms with E-state index < -0.39 is 11.6 Å². The maximum absolute atomic E-state index is 13.8. The molecule has 232 valence electrons. The number of halogens is 3. The number of carbonyl (C=O) groups excluding carboxylic acids is 1. The quantitative estimate of drug-likeness (QED) is 0.146. The first-order valence-electron chi connectivity index (χ1n) is 14.4. The Morgan fingerprint density at radius 2 is 1.55 bits per heavy atom. The van der Waals surface area contributed by atoms with Crippen LogP contribution in [0.4, 0.5) is 8.78 Å². The molecule has 4 aromatic carbocycles. The summed E-state index contributed by atoms with van der Waals surface area (Å²) in [5.41, 5.74) is 6.44. The van der Waals surface area contributed by atoms with Gasteiger partial charge < -0.3 is 25.2 Å². The minimum absolute atomic E-state index is 0.0537. The van der Waals surface area contributed by atoms with Gasteiger partial charge >= 0.3 is 0 Å². The summed E-state index contributed by atoms with van der Waals surface area (Å²) in [6.45, 7) is 8.65. The van der Waals surface area contributed by atoms with Crippen LogP contribution in [0.3, 0.4) is 0 Å². The van der Waals surface area contributed by atoms with Crippen LogP contribution in [0, 0.1) is 25.5 Å². The van der Waals surface area contributed by atoms with E-state index in [2.05, 4.69) is 10.6 Å². The maximum atomic E-state index is 13.8. The number of carbonyl (C=O) groups is 1. The molecule has 0 fully saturated rings. The monoisotopic (exact) mass is 622 g/mol. The average Bonchev–Trinajstić information content (AvgIpc) is 2.99. The van der Waals surface area contributed by atoms with Gasteiger partial charge in [0.05, 0.1) is 11.6 Å². The van der Waals surface area contributed by atoms with Crippen LogP contribution >= 0.6 is 11.6 Å². The van der Waals surface area contributed by atoms with Crippen molar-refractivity contribution in [1.29, 1.82) is 0 Å². The molecular weight excluding hydrogens is 586 g/mol. The summed E-state index contributed by atoms with van der Waals surface area (Å²) in [5.74, 6) is -0.679. The highest BCUT2D eigenvalue weighted by molar-refractivity contribution is 6.32. The first-order valence-corrected chi connectivity index (χ1v) is 14.8. The summed E-state index contributed by atoms with van der Waals surface area (Å²) >= 11 is 6.64. The van der Waals surface area contributed by atoms with Gasteiger partial charge in [-0.2, -0.15) is 0 Å². The van der Waals surface area contributed by atoms with Gasteiger partial charge in [0.2, 0.25) is 0 Å². The SMILES string of the molecule is CCNC(=O)c1cccc(-c2cccc(COc3cc(OCc4cc(F)cc(F)c4)c(CNC(C)CO)cc3Cl)c2C)c1C. The highest BCUT2D eigenvalue weighted by Gasteiger charge is 2.17. The van der Waals surface area contributed by atoms with Gasteiger partial charge in [-0.3, -0.25) is 4.79 Å². The third-order valence-electron chi connectivity index (χ3n) is 7.38. The van der Waals surface area contributed by atoms with Crippen molar-refractivity contribution in [2.24, 2.45) is 0 Å². The van der Waals surface area contributed by atoms with Gasteiger partial charge in [-0.1, -0.05) is 41.9 Å². The number of ether oxygens (including phenoxy) is 2. The second kappa shape index (κ2) is 15.1. The summed E-state index contributed by atoms with van der Waals surface area (Å²) in [4.78, 5) is 12.6. The van der Waals surface area contributed by atoms with Crippen molar-refractivity contribution in [1.82, 2.24) is 10.6 Å². The van der Waals surface area contributed by atoms with Crippen molar-refractivity contribution >= 4 is 17.5 Å². The fourth-order valence-corrected chi connectivity index (χ4v) is 5.12. The van der Waals surface area contributed by atoms with Crippen LogP contribution in [0.25, 0.3) is 11.1 Å². The lowest BCUT2D eigenvalue weighted by atomic mass is 9.91. The summed E-state index contributed by atoms with van der Waals surface area (Å²) < 4.78 is 39.7. The van der Waals surface area contributed by atoms with Crippen LogP contribution in [-0.4, -0.2) is 30.2 Å². The Morgan fingerprint density at radius 1 is 0.886 bits per heavy atom. The highest BCUT2D eigenvalue weighted by Crippen LogP contribution is 2.35. The molecule has 1 atom stereocenters. The number of hydrogen-bond acceptors (Lipinski definition) is 5. The first kappa shape index (κ1) is 32.9. The number of rotatable bonds is 13. The lowest BCUT2D eigenvalue weighted by Gasteiger charge is -2.19. The van der Waals surface area contributed by atoms with Gasteiger partial charge in [0, 0.05) is 42.4 Å². The van der Waals surface area contributed by atoms with Crippen LogP contribution in [0.2, 0.25) is 5.02 Å². The van der Waals surface area contributed by atoms with Crippen LogP contribution in [0.5, 0.6) is 11.5 Å². The van der Waals surface area contributed by atoms with Gasteiger partial charge in [-0.05, 0) is 85.3 Å². The molecule has 4 aromatic rings. The van der Waals surface area contributed by atoms with Crippen molar-refractivity contribution in [2.75, 3.05) is 13.2 Å². The highest BCUT2D eigenvalue weighted by atomic mass is 35.5. The van der Waals surface area contributed by atoms with Crippen LogP contribution in [0.15, 0.2) is 66.7 Å². The van der Waals surface area contributed by atoms with E-state index in [0.29, 0.717) is 46.3 Å². The molecule has 0 saturated carbocycles. The molecule has 1 unspecified atom stereocenters. The molecule has 0 heterocycles. The molecule has 3 N–H and O–H groups in total. The standard InChI is InChI=1S/C35H37ClF2N2O4/c1-5-39-35(42)31-11-7-10-30(23(31)4)29-9-6-8-25(22(29)3)20-44-34-16-33(26(14-32(34)36)17-40-21(2)18-41)43-19-24-12-27(37)15-28(38)13-24/h6-16,21,40-41H,5,17-20H2,1-4H3,(H,39,42). The third-order valence-corrected chi connectivity index (χ3v) is 7.68. The fraction of sp³-hybridized carbons (Fsp3) is 0.286. The Balaban J connectivity index is 1.59. The van der Waals surface area contributed by atoms with Crippen LogP contribution in [0.1, 0.15) is 52.0 Å². The molecule has 0 spiro atoms. The van der Waals surface area contributed by atoms with Crippen molar-refractivity contribution in [3.8, 4) is 22.6 Å². The molecule has 0 bridgehead atoms. The molecule has 1 amide bonds. The summed E-state index contributed by atoms with van der Waals surface area (Å²) in [7, 11) is 0. The largest absolute Gasteiger partial charge is 0.488 e. The molecule has 0 radical (unpaired) electrons. The zero-order chi connectivity index (χ0) is 31.8. The molecular formula is C35H37ClF2N2O4. The fourth-order valence-electron chi connectivity index (χ4n) is 4.88. The minimum Gasteiger partial charge on any atom is -0.488 e. The van der Waals surface area contributed by atoms with Crippen molar-refractivity contribution in [3.05, 3.63) is 117 Å². The summed E-state index contributed by atoms with van der Waals surface area (Å²) in [6, 6.07) is 18.1. The number of aliphatic hydroxyl groups is 1. The van der Waals surface area contributed by atoms with Gasteiger partial charge in [0.25, 0.3) is 5.91 Å². The first-order chi connectivity index (χ1) is 21.1. The van der Waals surface area contributed by atoms with E-state index in [9.17, 15) is 18.7 Å². The van der Waals surface area contributed by atoms with E-state index in [1.807, 2.05) is 64.1 Å². The zero-order valence-electron chi connectivity index (χ0n) is 25.3. The molecule has 0 aliphatic heterocycles. The third kappa shape index (κ3) is 8.14. The second-order valence-corrected chi connectivity index (χ2v) is 11.0. The van der Waals surface area contributed by atoms with E-state index in [-0.39, 0.29) is 31.8 Å². The Kier molecular flexibility index (Phi) is 11.3. The maximum Gasteiger partial charge on any atom is 0.251 e. The van der Waals surface area contributed by atoms with Gasteiger partial charge in [0.15, 0.2) is 0 Å². The predicted octanol–water partition coefficient (Wildman–Crippen LogP) is 7.28. The van der Waals surface area contributed by atoms with E-state index in [1.54, 1.807) is 12.1 Å². The summed E-state index contributed by atoms with van der Waals surface area (Å²) in [6.07, 6.45) is 0. The van der Waals surface area contributed by atoms with Gasteiger partial charge in [0.1, 0.15) is 36.3 Å². The van der Waals surface area contributed by atoms with E-state index in [4.69, 9.17) is 21.1 Å². The van der Waals surface area contributed by atoms with Crippen molar-refractivity contribution in [3.63, 3.8) is 0 Å². The number of hydrogen-bond donors (Lipinski definition) is 3. The number of nitrogens with one attached hydrogen (secondary N) is 2. The number of benzene rings is 4. The molecule has 4 rings (SSSR count). The van der Waals surface area contributed by atoms with Crippen LogP contribution < -0.4 is 20.1 Å². The van der Waals surface area contributed by atoms with Gasteiger partial charge in [-0.25, -0.2) is 8.78 Å². The van der Waals surface area contributed by atoms with E-state index >= 15 is 0 Å². The van der Waals surface area contributed by atoms with E-state index in [0.717, 1.165) is 33.9 Å². The topological polar surface area (TPSA) is 79.8 Å². The Bertz CT molecular complexity index is 1610. The number of amides is 1. The van der Waals surface area contributed by atoms with Crippen molar-refractivity contribution < 1.29 is 28.2 Å². The normalized spacial score (nSPS) is 11.7.